The first-order valence-electron chi connectivity index (χ1n) is 8.80. The molecule has 0 spiro atoms. The molecule has 0 aliphatic heterocycles. The Bertz CT molecular complexity index is 739. The van der Waals surface area contributed by atoms with Crippen molar-refractivity contribution in [3.05, 3.63) is 35.7 Å². The van der Waals surface area contributed by atoms with Crippen molar-refractivity contribution in [2.45, 2.75) is 62.3 Å². The van der Waals surface area contributed by atoms with E-state index in [0.717, 1.165) is 29.9 Å². The van der Waals surface area contributed by atoms with Crippen LogP contribution in [0.4, 0.5) is 5.69 Å². The first-order chi connectivity index (χ1) is 12.1. The highest BCUT2D eigenvalue weighted by Crippen LogP contribution is 2.33. The normalized spacial score (nSPS) is 16.6. The van der Waals surface area contributed by atoms with Crippen molar-refractivity contribution in [1.29, 1.82) is 0 Å². The lowest BCUT2D eigenvalue weighted by molar-refractivity contribution is -0.115. The van der Waals surface area contributed by atoms with E-state index in [0.29, 0.717) is 11.1 Å². The third kappa shape index (κ3) is 4.15. The number of nitrogen functional groups attached to an aromatic ring is 1. The van der Waals surface area contributed by atoms with E-state index in [-0.39, 0.29) is 11.2 Å². The first-order valence-corrected chi connectivity index (χ1v) is 9.67. The SMILES string of the molecule is Cc1ccccc1NC(=O)C(C)Sc1nnc(C2CCCCC2)n1N. The molecule has 1 fully saturated rings. The Balaban J connectivity index is 1.64. The van der Waals surface area contributed by atoms with E-state index in [2.05, 4.69) is 15.5 Å². The number of nitrogens with one attached hydrogen (secondary N) is 1. The molecule has 0 saturated heterocycles. The zero-order valence-electron chi connectivity index (χ0n) is 14.7. The molecule has 25 heavy (non-hydrogen) atoms. The second kappa shape index (κ2) is 7.91. The van der Waals surface area contributed by atoms with Gasteiger partial charge >= 0.3 is 0 Å². The zero-order valence-corrected chi connectivity index (χ0v) is 15.6. The van der Waals surface area contributed by atoms with Crippen molar-refractivity contribution in [2.24, 2.45) is 0 Å². The van der Waals surface area contributed by atoms with Crippen LogP contribution in [0.3, 0.4) is 0 Å². The maximum Gasteiger partial charge on any atom is 0.237 e. The van der Waals surface area contributed by atoms with Gasteiger partial charge in [0.2, 0.25) is 11.1 Å². The molecule has 1 unspecified atom stereocenters. The van der Waals surface area contributed by atoms with Crippen LogP contribution in [0.15, 0.2) is 29.4 Å². The van der Waals surface area contributed by atoms with Crippen LogP contribution in [0.2, 0.25) is 0 Å². The number of nitrogens with two attached hydrogens (primary N) is 1. The largest absolute Gasteiger partial charge is 0.336 e. The van der Waals surface area contributed by atoms with E-state index in [1.54, 1.807) is 4.68 Å². The van der Waals surface area contributed by atoms with Gasteiger partial charge in [0.15, 0.2) is 5.82 Å². The fraction of sp³-hybridized carbons (Fsp3) is 0.500. The highest BCUT2D eigenvalue weighted by atomic mass is 32.2. The van der Waals surface area contributed by atoms with E-state index in [1.165, 1.54) is 31.0 Å². The maximum atomic E-state index is 12.5. The number of anilines is 1. The molecule has 1 aromatic heterocycles. The van der Waals surface area contributed by atoms with Crippen molar-refractivity contribution in [3.8, 4) is 0 Å². The number of carbonyl (C=O) groups excluding carboxylic acids is 1. The number of hydrogen-bond acceptors (Lipinski definition) is 5. The molecule has 134 valence electrons. The maximum absolute atomic E-state index is 12.5. The number of benzene rings is 1. The van der Waals surface area contributed by atoms with Crippen molar-refractivity contribution in [2.75, 3.05) is 11.2 Å². The molecule has 2 aromatic rings. The smallest absolute Gasteiger partial charge is 0.237 e. The lowest BCUT2D eigenvalue weighted by Gasteiger charge is -2.20. The summed E-state index contributed by atoms with van der Waals surface area (Å²) in [6.07, 6.45) is 5.95. The number of para-hydroxylation sites is 1. The van der Waals surface area contributed by atoms with Gasteiger partial charge in [-0.25, -0.2) is 4.68 Å². The Morgan fingerprint density at radius 3 is 2.72 bits per heavy atom. The summed E-state index contributed by atoms with van der Waals surface area (Å²) in [5.74, 6) is 7.36. The molecule has 1 aromatic carbocycles. The van der Waals surface area contributed by atoms with Crippen LogP contribution in [0.5, 0.6) is 0 Å². The molecule has 1 aliphatic rings. The molecule has 0 bridgehead atoms. The third-order valence-corrected chi connectivity index (χ3v) is 5.77. The number of hydrogen-bond donors (Lipinski definition) is 2. The van der Waals surface area contributed by atoms with Gasteiger partial charge in [-0.2, -0.15) is 0 Å². The molecule has 1 saturated carbocycles. The van der Waals surface area contributed by atoms with Crippen molar-refractivity contribution >= 4 is 23.4 Å². The minimum Gasteiger partial charge on any atom is -0.336 e. The molecule has 1 atom stereocenters. The van der Waals surface area contributed by atoms with Crippen LogP contribution in [0.1, 0.15) is 56.3 Å². The summed E-state index contributed by atoms with van der Waals surface area (Å²) in [5, 5.41) is 11.7. The average molecular weight is 359 g/mol. The molecule has 3 N–H and O–H groups in total. The first kappa shape index (κ1) is 17.8. The van der Waals surface area contributed by atoms with Crippen LogP contribution < -0.4 is 11.2 Å². The van der Waals surface area contributed by atoms with E-state index >= 15 is 0 Å². The van der Waals surface area contributed by atoms with Crippen LogP contribution in [-0.4, -0.2) is 26.0 Å². The Hall–Kier alpha value is -2.02. The number of rotatable bonds is 5. The van der Waals surface area contributed by atoms with Gasteiger partial charge in [0.05, 0.1) is 5.25 Å². The number of carbonyl (C=O) groups is 1. The van der Waals surface area contributed by atoms with Crippen LogP contribution in [-0.2, 0) is 4.79 Å². The highest BCUT2D eigenvalue weighted by Gasteiger charge is 2.24. The van der Waals surface area contributed by atoms with Gasteiger partial charge in [0.1, 0.15) is 0 Å². The van der Waals surface area contributed by atoms with Crippen LogP contribution in [0, 0.1) is 6.92 Å². The summed E-state index contributed by atoms with van der Waals surface area (Å²) < 4.78 is 1.57. The highest BCUT2D eigenvalue weighted by molar-refractivity contribution is 8.00. The van der Waals surface area contributed by atoms with Gasteiger partial charge < -0.3 is 11.2 Å². The van der Waals surface area contributed by atoms with Gasteiger partial charge in [-0.3, -0.25) is 4.79 Å². The molecular weight excluding hydrogens is 334 g/mol. The summed E-state index contributed by atoms with van der Waals surface area (Å²) in [6.45, 7) is 3.83. The van der Waals surface area contributed by atoms with E-state index in [1.807, 2.05) is 38.1 Å². The molecule has 3 rings (SSSR count). The summed E-state index contributed by atoms with van der Waals surface area (Å²) in [6, 6.07) is 7.73. The number of amides is 1. The minimum atomic E-state index is -0.315. The van der Waals surface area contributed by atoms with Crippen molar-refractivity contribution in [3.63, 3.8) is 0 Å². The fourth-order valence-electron chi connectivity index (χ4n) is 3.17. The molecule has 7 heteroatoms. The van der Waals surface area contributed by atoms with Gasteiger partial charge in [-0.15, -0.1) is 10.2 Å². The number of aromatic nitrogens is 3. The predicted octanol–water partition coefficient (Wildman–Crippen LogP) is 3.47. The lowest BCUT2D eigenvalue weighted by Crippen LogP contribution is -2.24. The Morgan fingerprint density at radius 1 is 1.28 bits per heavy atom. The topological polar surface area (TPSA) is 85.8 Å². The van der Waals surface area contributed by atoms with Crippen molar-refractivity contribution < 1.29 is 4.79 Å². The number of nitrogens with zero attached hydrogens (tertiary/aromatic N) is 3. The van der Waals surface area contributed by atoms with Crippen LogP contribution >= 0.6 is 11.8 Å². The van der Waals surface area contributed by atoms with Crippen molar-refractivity contribution in [1.82, 2.24) is 14.9 Å². The molecule has 1 amide bonds. The summed E-state index contributed by atoms with van der Waals surface area (Å²) >= 11 is 1.34. The van der Waals surface area contributed by atoms with Gasteiger partial charge in [0.25, 0.3) is 0 Å². The number of aryl methyl sites for hydroxylation is 1. The third-order valence-electron chi connectivity index (χ3n) is 4.72. The number of thioether (sulfide) groups is 1. The monoisotopic (exact) mass is 359 g/mol. The van der Waals surface area contributed by atoms with E-state index < -0.39 is 0 Å². The molecule has 6 nitrogen and oxygen atoms in total. The molecule has 1 aliphatic carbocycles. The van der Waals surface area contributed by atoms with E-state index in [4.69, 9.17) is 5.84 Å². The quantitative estimate of drug-likeness (QED) is 0.631. The Kier molecular flexibility index (Phi) is 5.63. The van der Waals surface area contributed by atoms with Gasteiger partial charge in [-0.05, 0) is 38.3 Å². The molecule has 1 heterocycles. The summed E-state index contributed by atoms with van der Waals surface area (Å²) in [4.78, 5) is 12.5. The van der Waals surface area contributed by atoms with E-state index in [9.17, 15) is 4.79 Å². The average Bonchev–Trinajstić information content (AvgIpc) is 2.98. The lowest BCUT2D eigenvalue weighted by atomic mass is 9.89. The summed E-state index contributed by atoms with van der Waals surface area (Å²) in [5.41, 5.74) is 1.87. The molecular formula is C18H25N5OS. The summed E-state index contributed by atoms with van der Waals surface area (Å²) in [7, 11) is 0. The minimum absolute atomic E-state index is 0.0680. The predicted molar refractivity (Wildman–Crippen MR) is 101 cm³/mol. The standard InChI is InChI=1S/C18H25N5OS/c1-12-8-6-7-11-15(12)20-17(24)13(2)25-18-22-21-16(23(18)19)14-9-4-3-5-10-14/h6-8,11,13-14H,3-5,9-10,19H2,1-2H3,(H,20,24). The molecule has 0 radical (unpaired) electrons. The van der Waals surface area contributed by atoms with Gasteiger partial charge in [-0.1, -0.05) is 49.2 Å². The van der Waals surface area contributed by atoms with Crippen LogP contribution in [0.25, 0.3) is 0 Å². The second-order valence-corrected chi connectivity index (χ2v) is 7.92. The Labute approximate surface area is 152 Å². The fourth-order valence-corrected chi connectivity index (χ4v) is 3.94. The zero-order chi connectivity index (χ0) is 17.8. The Morgan fingerprint density at radius 2 is 2.00 bits per heavy atom. The second-order valence-electron chi connectivity index (χ2n) is 6.61. The van der Waals surface area contributed by atoms with Gasteiger partial charge in [0, 0.05) is 11.6 Å².